The van der Waals surface area contributed by atoms with E-state index in [1.54, 1.807) is 12.1 Å². The lowest BCUT2D eigenvalue weighted by molar-refractivity contribution is -0.0498. The van der Waals surface area contributed by atoms with Gasteiger partial charge in [-0.3, -0.25) is 4.21 Å². The van der Waals surface area contributed by atoms with E-state index in [1.807, 2.05) is 35.0 Å². The number of halogens is 2. The van der Waals surface area contributed by atoms with Crippen molar-refractivity contribution in [1.29, 1.82) is 0 Å². The predicted molar refractivity (Wildman–Crippen MR) is 83.8 cm³/mol. The molecule has 1 atom stereocenters. The molecule has 1 aromatic carbocycles. The molecule has 0 radical (unpaired) electrons. The highest BCUT2D eigenvalue weighted by Crippen LogP contribution is 2.18. The molecular weight excluding hydrogens is 322 g/mol. The van der Waals surface area contributed by atoms with Crippen molar-refractivity contribution in [3.05, 3.63) is 66.1 Å². The van der Waals surface area contributed by atoms with Crippen LogP contribution in [-0.2, 0) is 22.3 Å². The number of hydrogen-bond donors (Lipinski definition) is 0. The number of rotatable bonds is 6. The largest absolute Gasteiger partial charge is 0.435 e. The van der Waals surface area contributed by atoms with Crippen molar-refractivity contribution in [2.45, 2.75) is 18.1 Å². The molecule has 0 bridgehead atoms. The molecule has 2 aromatic heterocycles. The van der Waals surface area contributed by atoms with E-state index in [2.05, 4.69) is 9.72 Å². The van der Waals surface area contributed by atoms with Crippen LogP contribution in [0, 0.1) is 0 Å². The van der Waals surface area contributed by atoms with Gasteiger partial charge in [-0.1, -0.05) is 18.2 Å². The minimum atomic E-state index is -2.87. The summed E-state index contributed by atoms with van der Waals surface area (Å²) in [5.74, 6) is 0.637. The lowest BCUT2D eigenvalue weighted by atomic mass is 10.2. The molecule has 0 spiro atoms. The normalized spacial score (nSPS) is 12.7. The van der Waals surface area contributed by atoms with E-state index in [-0.39, 0.29) is 11.5 Å². The lowest BCUT2D eigenvalue weighted by Gasteiger charge is -2.06. The molecule has 3 aromatic rings. The van der Waals surface area contributed by atoms with Gasteiger partial charge in [0, 0.05) is 28.9 Å². The molecule has 3 rings (SSSR count). The van der Waals surface area contributed by atoms with Crippen molar-refractivity contribution in [2.75, 3.05) is 0 Å². The Morgan fingerprint density at radius 3 is 2.83 bits per heavy atom. The van der Waals surface area contributed by atoms with Gasteiger partial charge >= 0.3 is 6.61 Å². The Kier molecular flexibility index (Phi) is 4.66. The first-order valence-corrected chi connectivity index (χ1v) is 8.40. The van der Waals surface area contributed by atoms with Crippen LogP contribution in [-0.4, -0.2) is 20.2 Å². The zero-order valence-electron chi connectivity index (χ0n) is 12.1. The Hall–Kier alpha value is -2.28. The SMILES string of the molecule is O=S(Cc1cccc(OC(F)F)c1)Cc1cn2ccccc2n1. The minimum absolute atomic E-state index is 0.0715. The zero-order chi connectivity index (χ0) is 16.2. The van der Waals surface area contributed by atoms with Crippen LogP contribution in [0.4, 0.5) is 8.78 Å². The Morgan fingerprint density at radius 2 is 2.04 bits per heavy atom. The molecule has 0 aliphatic rings. The first-order valence-electron chi connectivity index (χ1n) is 6.91. The maximum Gasteiger partial charge on any atom is 0.387 e. The second-order valence-corrected chi connectivity index (χ2v) is 6.41. The number of fused-ring (bicyclic) bond motifs is 1. The Labute approximate surface area is 134 Å². The van der Waals surface area contributed by atoms with E-state index in [4.69, 9.17) is 0 Å². The molecule has 7 heteroatoms. The molecule has 0 saturated carbocycles. The predicted octanol–water partition coefficient (Wildman–Crippen LogP) is 3.38. The minimum Gasteiger partial charge on any atom is -0.435 e. The van der Waals surface area contributed by atoms with Gasteiger partial charge in [0.15, 0.2) is 0 Å². The van der Waals surface area contributed by atoms with Crippen LogP contribution in [0.15, 0.2) is 54.9 Å². The van der Waals surface area contributed by atoms with Gasteiger partial charge in [0.05, 0.1) is 11.4 Å². The van der Waals surface area contributed by atoms with E-state index < -0.39 is 17.4 Å². The molecule has 0 fully saturated rings. The number of benzene rings is 1. The third-order valence-corrected chi connectivity index (χ3v) is 4.45. The first-order chi connectivity index (χ1) is 11.1. The number of nitrogens with zero attached hydrogens (tertiary/aromatic N) is 2. The molecule has 0 N–H and O–H groups in total. The van der Waals surface area contributed by atoms with Gasteiger partial charge < -0.3 is 9.14 Å². The number of aromatic nitrogens is 2. The Balaban J connectivity index is 1.67. The van der Waals surface area contributed by atoms with Gasteiger partial charge in [0.1, 0.15) is 11.4 Å². The summed E-state index contributed by atoms with van der Waals surface area (Å²) >= 11 is 0. The van der Waals surface area contributed by atoms with Gasteiger partial charge in [-0.2, -0.15) is 8.78 Å². The van der Waals surface area contributed by atoms with Gasteiger partial charge in [-0.05, 0) is 29.8 Å². The molecular formula is C16H14F2N2O2S. The van der Waals surface area contributed by atoms with Crippen molar-refractivity contribution in [2.24, 2.45) is 0 Å². The van der Waals surface area contributed by atoms with E-state index in [0.717, 1.165) is 11.3 Å². The summed E-state index contributed by atoms with van der Waals surface area (Å²) in [6.07, 6.45) is 3.71. The van der Waals surface area contributed by atoms with Gasteiger partial charge in [0.2, 0.25) is 0 Å². The summed E-state index contributed by atoms with van der Waals surface area (Å²) in [5, 5.41) is 0. The highest BCUT2D eigenvalue weighted by molar-refractivity contribution is 7.83. The van der Waals surface area contributed by atoms with E-state index in [0.29, 0.717) is 11.3 Å². The van der Waals surface area contributed by atoms with E-state index in [9.17, 15) is 13.0 Å². The standard InChI is InChI=1S/C16H14F2N2O2S/c17-16(18)22-14-5-3-4-12(8-14)10-23(21)11-13-9-20-7-2-1-6-15(20)19-13/h1-9,16H,10-11H2. The molecule has 0 amide bonds. The molecule has 2 heterocycles. The highest BCUT2D eigenvalue weighted by Gasteiger charge is 2.09. The summed E-state index contributed by atoms with van der Waals surface area (Å²) in [5.41, 5.74) is 2.21. The van der Waals surface area contributed by atoms with Crippen molar-refractivity contribution >= 4 is 16.4 Å². The van der Waals surface area contributed by atoms with Crippen molar-refractivity contribution in [3.63, 3.8) is 0 Å². The summed E-state index contributed by atoms with van der Waals surface area (Å²) in [6.45, 7) is -2.87. The van der Waals surface area contributed by atoms with Crippen LogP contribution < -0.4 is 4.74 Å². The van der Waals surface area contributed by atoms with Crippen LogP contribution in [0.2, 0.25) is 0 Å². The maximum absolute atomic E-state index is 12.3. The lowest BCUT2D eigenvalue weighted by Crippen LogP contribution is -2.03. The highest BCUT2D eigenvalue weighted by atomic mass is 32.2. The Morgan fingerprint density at radius 1 is 1.17 bits per heavy atom. The Bertz CT molecular complexity index is 803. The second-order valence-electron chi connectivity index (χ2n) is 4.95. The average molecular weight is 336 g/mol. The summed E-state index contributed by atoms with van der Waals surface area (Å²) in [6, 6.07) is 11.9. The molecule has 0 aliphatic heterocycles. The van der Waals surface area contributed by atoms with E-state index >= 15 is 0 Å². The van der Waals surface area contributed by atoms with Crippen LogP contribution >= 0.6 is 0 Å². The topological polar surface area (TPSA) is 43.6 Å². The zero-order valence-corrected chi connectivity index (χ0v) is 12.9. The van der Waals surface area contributed by atoms with Crippen molar-refractivity contribution in [3.8, 4) is 5.75 Å². The molecule has 1 unspecified atom stereocenters. The number of alkyl halides is 2. The fourth-order valence-corrected chi connectivity index (χ4v) is 3.39. The number of pyridine rings is 1. The summed E-state index contributed by atoms with van der Waals surface area (Å²) in [4.78, 5) is 4.40. The van der Waals surface area contributed by atoms with Gasteiger partial charge in [-0.15, -0.1) is 0 Å². The van der Waals surface area contributed by atoms with Crippen LogP contribution in [0.5, 0.6) is 5.75 Å². The fraction of sp³-hybridized carbons (Fsp3) is 0.188. The molecule has 0 aliphatic carbocycles. The monoisotopic (exact) mass is 336 g/mol. The van der Waals surface area contributed by atoms with Crippen molar-refractivity contribution < 1.29 is 17.7 Å². The van der Waals surface area contributed by atoms with Crippen LogP contribution in [0.3, 0.4) is 0 Å². The molecule has 4 nitrogen and oxygen atoms in total. The third kappa shape index (κ3) is 4.13. The summed E-state index contributed by atoms with van der Waals surface area (Å²) in [7, 11) is -1.19. The van der Waals surface area contributed by atoms with Gasteiger partial charge in [0.25, 0.3) is 0 Å². The van der Waals surface area contributed by atoms with E-state index in [1.165, 1.54) is 12.1 Å². The maximum atomic E-state index is 12.3. The third-order valence-electron chi connectivity index (χ3n) is 3.17. The number of hydrogen-bond acceptors (Lipinski definition) is 3. The first kappa shape index (κ1) is 15.6. The number of imidazole rings is 1. The van der Waals surface area contributed by atoms with Crippen molar-refractivity contribution in [1.82, 2.24) is 9.38 Å². The average Bonchev–Trinajstić information content (AvgIpc) is 2.88. The summed E-state index contributed by atoms with van der Waals surface area (Å²) < 4.78 is 42.9. The number of ether oxygens (including phenoxy) is 1. The van der Waals surface area contributed by atoms with Gasteiger partial charge in [-0.25, -0.2) is 4.98 Å². The second kappa shape index (κ2) is 6.87. The fourth-order valence-electron chi connectivity index (χ4n) is 2.27. The van der Waals surface area contributed by atoms with Crippen LogP contribution in [0.25, 0.3) is 5.65 Å². The van der Waals surface area contributed by atoms with Crippen LogP contribution in [0.1, 0.15) is 11.3 Å². The smallest absolute Gasteiger partial charge is 0.387 e. The molecule has 0 saturated heterocycles. The quantitative estimate of drug-likeness (QED) is 0.693. The molecule has 23 heavy (non-hydrogen) atoms. The molecule has 120 valence electrons.